The number of anilines is 1. The average molecular weight is 444 g/mol. The molecule has 0 spiro atoms. The van der Waals surface area contributed by atoms with E-state index in [1.54, 1.807) is 0 Å². The molecule has 3 aromatic rings. The molecule has 3 rings (SSSR count). The van der Waals surface area contributed by atoms with Crippen LogP contribution in [0.5, 0.6) is 0 Å². The number of hydrogen-bond donors (Lipinski definition) is 1. The molecule has 1 heterocycles. The van der Waals surface area contributed by atoms with Gasteiger partial charge < -0.3 is 5.32 Å². The first-order valence-electron chi connectivity index (χ1n) is 9.78. The third-order valence-electron chi connectivity index (χ3n) is 4.84. The fourth-order valence-electron chi connectivity index (χ4n) is 2.91. The van der Waals surface area contributed by atoms with Crippen molar-refractivity contribution in [2.75, 3.05) is 25.2 Å². The highest BCUT2D eigenvalue weighted by Crippen LogP contribution is 2.27. The zero-order valence-corrected chi connectivity index (χ0v) is 19.2. The van der Waals surface area contributed by atoms with Crippen molar-refractivity contribution in [1.29, 1.82) is 0 Å². The van der Waals surface area contributed by atoms with Gasteiger partial charge in [0.2, 0.25) is 5.91 Å². The van der Waals surface area contributed by atoms with E-state index in [0.29, 0.717) is 10.2 Å². The van der Waals surface area contributed by atoms with Crippen molar-refractivity contribution >= 4 is 35.0 Å². The van der Waals surface area contributed by atoms with Crippen LogP contribution < -0.4 is 5.32 Å². The van der Waals surface area contributed by atoms with Gasteiger partial charge in [-0.1, -0.05) is 42.4 Å². The minimum absolute atomic E-state index is 0.0492. The van der Waals surface area contributed by atoms with Crippen molar-refractivity contribution < 1.29 is 4.79 Å². The lowest BCUT2D eigenvalue weighted by molar-refractivity contribution is -0.113. The highest BCUT2D eigenvalue weighted by atomic mass is 35.5. The molecule has 158 valence electrons. The molecular weight excluding hydrogens is 418 g/mol. The second kappa shape index (κ2) is 10.1. The molecule has 1 amide bonds. The minimum atomic E-state index is -0.0823. The van der Waals surface area contributed by atoms with Gasteiger partial charge in [-0.05, 0) is 69.4 Å². The summed E-state index contributed by atoms with van der Waals surface area (Å²) in [6, 6.07) is 15.5. The number of nitrogens with one attached hydrogen (secondary N) is 1. The first-order chi connectivity index (χ1) is 14.4. The predicted octanol–water partition coefficient (Wildman–Crippen LogP) is 4.84. The van der Waals surface area contributed by atoms with Gasteiger partial charge in [0.1, 0.15) is 0 Å². The van der Waals surface area contributed by atoms with Crippen LogP contribution in [0.2, 0.25) is 5.02 Å². The number of hydrogen-bond acceptors (Lipinski definition) is 5. The Morgan fingerprint density at radius 1 is 1.20 bits per heavy atom. The summed E-state index contributed by atoms with van der Waals surface area (Å²) < 4.78 is 1.98. The summed E-state index contributed by atoms with van der Waals surface area (Å²) in [5.41, 5.74) is 2.90. The Bertz CT molecular complexity index is 1000. The summed E-state index contributed by atoms with van der Waals surface area (Å²) in [4.78, 5) is 14.6. The maximum Gasteiger partial charge on any atom is 0.234 e. The molecule has 6 nitrogen and oxygen atoms in total. The van der Waals surface area contributed by atoms with Crippen molar-refractivity contribution in [1.82, 2.24) is 19.7 Å². The summed E-state index contributed by atoms with van der Waals surface area (Å²) in [6.07, 6.45) is 0.926. The zero-order chi connectivity index (χ0) is 21.7. The molecule has 0 bridgehead atoms. The largest absolute Gasteiger partial charge is 0.325 e. The smallest absolute Gasteiger partial charge is 0.234 e. The molecule has 0 aliphatic rings. The van der Waals surface area contributed by atoms with Crippen LogP contribution in [0, 0.1) is 0 Å². The van der Waals surface area contributed by atoms with E-state index in [4.69, 9.17) is 11.6 Å². The third-order valence-corrected chi connectivity index (χ3v) is 6.02. The Hall–Kier alpha value is -2.35. The zero-order valence-electron chi connectivity index (χ0n) is 17.6. The number of carbonyl (C=O) groups excluding carboxylic acids is 1. The lowest BCUT2D eigenvalue weighted by Crippen LogP contribution is -2.21. The predicted molar refractivity (Wildman–Crippen MR) is 124 cm³/mol. The summed E-state index contributed by atoms with van der Waals surface area (Å²) in [5.74, 6) is 0.959. The number of thioether (sulfide) groups is 1. The minimum Gasteiger partial charge on any atom is -0.325 e. The molecule has 1 aromatic heterocycles. The molecule has 1 atom stereocenters. The van der Waals surface area contributed by atoms with Crippen molar-refractivity contribution in [3.63, 3.8) is 0 Å². The summed E-state index contributed by atoms with van der Waals surface area (Å²) in [6.45, 7) is 4.16. The van der Waals surface area contributed by atoms with Gasteiger partial charge in [-0.2, -0.15) is 0 Å². The van der Waals surface area contributed by atoms with Crippen LogP contribution in [0.3, 0.4) is 0 Å². The van der Waals surface area contributed by atoms with E-state index in [1.165, 1.54) is 17.3 Å². The third kappa shape index (κ3) is 5.41. The second-order valence-corrected chi connectivity index (χ2v) is 8.56. The quantitative estimate of drug-likeness (QED) is 0.505. The van der Waals surface area contributed by atoms with Crippen LogP contribution in [0.1, 0.15) is 31.3 Å². The number of nitrogens with zero attached hydrogens (tertiary/aromatic N) is 4. The first kappa shape index (κ1) is 22.3. The number of aryl methyl sites for hydroxylation is 1. The summed E-state index contributed by atoms with van der Waals surface area (Å²) in [7, 11) is 3.99. The van der Waals surface area contributed by atoms with Gasteiger partial charge >= 0.3 is 0 Å². The van der Waals surface area contributed by atoms with E-state index >= 15 is 0 Å². The Labute approximate surface area is 186 Å². The number of carbonyl (C=O) groups is 1. The lowest BCUT2D eigenvalue weighted by Gasteiger charge is -2.20. The molecule has 0 aliphatic carbocycles. The molecule has 0 fully saturated rings. The number of halogens is 1. The maximum absolute atomic E-state index is 12.5. The van der Waals surface area contributed by atoms with Crippen LogP contribution in [-0.2, 0) is 11.2 Å². The molecule has 1 N–H and O–H groups in total. The van der Waals surface area contributed by atoms with Crippen LogP contribution in [0.25, 0.3) is 5.69 Å². The van der Waals surface area contributed by atoms with E-state index in [2.05, 4.69) is 34.3 Å². The van der Waals surface area contributed by atoms with E-state index in [1.807, 2.05) is 67.2 Å². The average Bonchev–Trinajstić information content (AvgIpc) is 3.16. The van der Waals surface area contributed by atoms with Gasteiger partial charge in [0.25, 0.3) is 0 Å². The molecule has 8 heteroatoms. The Morgan fingerprint density at radius 3 is 2.60 bits per heavy atom. The van der Waals surface area contributed by atoms with E-state index in [-0.39, 0.29) is 17.7 Å². The summed E-state index contributed by atoms with van der Waals surface area (Å²) in [5, 5.41) is 13.1. The fraction of sp³-hybridized carbons (Fsp3) is 0.318. The molecule has 0 saturated carbocycles. The number of amides is 1. The number of rotatable bonds is 8. The van der Waals surface area contributed by atoms with Crippen LogP contribution in [0.15, 0.2) is 53.7 Å². The maximum atomic E-state index is 12.5. The highest BCUT2D eigenvalue weighted by molar-refractivity contribution is 7.99. The molecule has 0 radical (unpaired) electrons. The fourth-order valence-corrected chi connectivity index (χ4v) is 3.79. The first-order valence-corrected chi connectivity index (χ1v) is 11.1. The molecule has 0 saturated heterocycles. The van der Waals surface area contributed by atoms with E-state index in [9.17, 15) is 4.79 Å². The molecule has 30 heavy (non-hydrogen) atoms. The van der Waals surface area contributed by atoms with Crippen molar-refractivity contribution in [2.24, 2.45) is 0 Å². The second-order valence-electron chi connectivity index (χ2n) is 7.18. The SMILES string of the molecule is CCc1cccc(NC(=O)CSc2nnc(C(C)N(C)C)n2-c2ccc(Cl)cc2)c1. The normalized spacial score (nSPS) is 12.2. The highest BCUT2D eigenvalue weighted by Gasteiger charge is 2.21. The van der Waals surface area contributed by atoms with Gasteiger partial charge in [0, 0.05) is 16.4 Å². The standard InChI is InChI=1S/C22H26ClN5OS/c1-5-16-7-6-8-18(13-16)24-20(29)14-30-22-26-25-21(15(2)27(3)4)28(22)19-11-9-17(23)10-12-19/h6-13,15H,5,14H2,1-4H3,(H,24,29). The monoisotopic (exact) mass is 443 g/mol. The van der Waals surface area contributed by atoms with Crippen molar-refractivity contribution in [2.45, 2.75) is 31.5 Å². The van der Waals surface area contributed by atoms with Crippen molar-refractivity contribution in [3.05, 3.63) is 64.9 Å². The molecule has 1 unspecified atom stereocenters. The van der Waals surface area contributed by atoms with E-state index < -0.39 is 0 Å². The van der Waals surface area contributed by atoms with Crippen molar-refractivity contribution in [3.8, 4) is 5.69 Å². The van der Waals surface area contributed by atoms with Crippen LogP contribution in [0.4, 0.5) is 5.69 Å². The molecular formula is C22H26ClN5OS. The van der Waals surface area contributed by atoms with Crippen LogP contribution in [-0.4, -0.2) is 45.4 Å². The lowest BCUT2D eigenvalue weighted by atomic mass is 10.1. The number of aromatic nitrogens is 3. The summed E-state index contributed by atoms with van der Waals surface area (Å²) >= 11 is 7.42. The van der Waals surface area contributed by atoms with Gasteiger partial charge in [0.05, 0.1) is 11.8 Å². The van der Waals surface area contributed by atoms with Gasteiger partial charge in [-0.15, -0.1) is 10.2 Å². The molecule has 2 aromatic carbocycles. The number of benzene rings is 2. The van der Waals surface area contributed by atoms with E-state index in [0.717, 1.165) is 23.6 Å². The Kier molecular flexibility index (Phi) is 7.53. The van der Waals surface area contributed by atoms with Crippen LogP contribution >= 0.6 is 23.4 Å². The van der Waals surface area contributed by atoms with Gasteiger partial charge in [-0.3, -0.25) is 14.3 Å². The van der Waals surface area contributed by atoms with Gasteiger partial charge in [-0.25, -0.2) is 0 Å². The van der Waals surface area contributed by atoms with Gasteiger partial charge in [0.15, 0.2) is 11.0 Å². The molecule has 0 aliphatic heterocycles. The Morgan fingerprint density at radius 2 is 1.93 bits per heavy atom. The topological polar surface area (TPSA) is 63.1 Å². The Balaban J connectivity index is 1.79.